The van der Waals surface area contributed by atoms with E-state index in [9.17, 15) is 18.7 Å². The number of aliphatic hydroxyl groups is 1. The number of aryl methyl sites for hydroxylation is 1. The Morgan fingerprint density at radius 3 is 2.35 bits per heavy atom. The molecular weight excluding hydrogens is 302 g/mol. The van der Waals surface area contributed by atoms with Crippen LogP contribution in [-0.2, 0) is 0 Å². The summed E-state index contributed by atoms with van der Waals surface area (Å²) in [5.41, 5.74) is 1.49. The van der Waals surface area contributed by atoms with Gasteiger partial charge in [0, 0.05) is 5.69 Å². The van der Waals surface area contributed by atoms with Gasteiger partial charge in [-0.1, -0.05) is 12.1 Å². The third-order valence-corrected chi connectivity index (χ3v) is 3.34. The second-order valence-corrected chi connectivity index (χ2v) is 5.40. The van der Waals surface area contributed by atoms with Crippen LogP contribution in [0.3, 0.4) is 0 Å². The molecular formula is C17H18F2N2O2. The van der Waals surface area contributed by atoms with Gasteiger partial charge in [-0.15, -0.1) is 0 Å². The van der Waals surface area contributed by atoms with E-state index in [4.69, 9.17) is 0 Å². The summed E-state index contributed by atoms with van der Waals surface area (Å²) in [5.74, 6) is -0.847. The number of anilines is 1. The van der Waals surface area contributed by atoms with Crippen molar-refractivity contribution in [1.29, 1.82) is 0 Å². The minimum absolute atomic E-state index is 0.323. The molecule has 2 amide bonds. The maximum Gasteiger partial charge on any atom is 0.319 e. The summed E-state index contributed by atoms with van der Waals surface area (Å²) in [7, 11) is 0. The summed E-state index contributed by atoms with van der Waals surface area (Å²) >= 11 is 0. The van der Waals surface area contributed by atoms with Crippen LogP contribution in [0.4, 0.5) is 19.3 Å². The fourth-order valence-corrected chi connectivity index (χ4v) is 2.21. The molecule has 2 atom stereocenters. The number of hydrogen-bond acceptors (Lipinski definition) is 2. The van der Waals surface area contributed by atoms with Gasteiger partial charge in [0.2, 0.25) is 0 Å². The van der Waals surface area contributed by atoms with Gasteiger partial charge in [0.15, 0.2) is 0 Å². The lowest BCUT2D eigenvalue weighted by Crippen LogP contribution is -2.39. The van der Waals surface area contributed by atoms with Crippen molar-refractivity contribution in [3.8, 4) is 0 Å². The van der Waals surface area contributed by atoms with Crippen molar-refractivity contribution in [3.05, 3.63) is 65.2 Å². The molecule has 0 radical (unpaired) electrons. The van der Waals surface area contributed by atoms with Crippen LogP contribution >= 0.6 is 0 Å². The van der Waals surface area contributed by atoms with Crippen LogP contribution in [0.1, 0.15) is 24.2 Å². The number of hydrogen-bond donors (Lipinski definition) is 3. The van der Waals surface area contributed by atoms with Crippen molar-refractivity contribution in [2.45, 2.75) is 26.0 Å². The Hall–Kier alpha value is -2.47. The highest BCUT2D eigenvalue weighted by Gasteiger charge is 2.18. The van der Waals surface area contributed by atoms with E-state index in [1.807, 2.05) is 0 Å². The Morgan fingerprint density at radius 1 is 1.09 bits per heavy atom. The number of rotatable bonds is 4. The van der Waals surface area contributed by atoms with E-state index in [2.05, 4.69) is 10.6 Å². The van der Waals surface area contributed by atoms with Crippen LogP contribution in [0.15, 0.2) is 42.5 Å². The third-order valence-electron chi connectivity index (χ3n) is 3.34. The van der Waals surface area contributed by atoms with Crippen LogP contribution < -0.4 is 10.6 Å². The Labute approximate surface area is 133 Å². The van der Waals surface area contributed by atoms with Gasteiger partial charge >= 0.3 is 6.03 Å². The first-order valence-corrected chi connectivity index (χ1v) is 7.13. The minimum Gasteiger partial charge on any atom is -0.386 e. The smallest absolute Gasteiger partial charge is 0.319 e. The predicted molar refractivity (Wildman–Crippen MR) is 84.1 cm³/mol. The Balaban J connectivity index is 1.97. The number of carbonyl (C=O) groups is 1. The minimum atomic E-state index is -0.990. The normalized spacial score (nSPS) is 13.3. The van der Waals surface area contributed by atoms with Gasteiger partial charge in [-0.05, 0) is 55.3 Å². The van der Waals surface area contributed by atoms with E-state index in [-0.39, 0.29) is 0 Å². The number of aliphatic hydroxyl groups excluding tert-OH is 1. The second kappa shape index (κ2) is 7.19. The highest BCUT2D eigenvalue weighted by atomic mass is 19.1. The first-order chi connectivity index (χ1) is 10.8. The Kier molecular flexibility index (Phi) is 5.28. The lowest BCUT2D eigenvalue weighted by atomic mass is 10.0. The van der Waals surface area contributed by atoms with Crippen molar-refractivity contribution in [2.75, 3.05) is 5.32 Å². The van der Waals surface area contributed by atoms with Gasteiger partial charge in [-0.2, -0.15) is 0 Å². The Morgan fingerprint density at radius 2 is 1.74 bits per heavy atom. The zero-order valence-corrected chi connectivity index (χ0v) is 12.8. The van der Waals surface area contributed by atoms with E-state index in [0.29, 0.717) is 16.8 Å². The monoisotopic (exact) mass is 320 g/mol. The Bertz CT molecular complexity index is 669. The fourth-order valence-electron chi connectivity index (χ4n) is 2.21. The van der Waals surface area contributed by atoms with Gasteiger partial charge in [0.25, 0.3) is 0 Å². The molecule has 2 aromatic carbocycles. The number of amides is 2. The molecule has 2 aromatic rings. The summed E-state index contributed by atoms with van der Waals surface area (Å²) in [6, 6.07) is 8.38. The zero-order valence-electron chi connectivity index (χ0n) is 12.8. The van der Waals surface area contributed by atoms with Crippen molar-refractivity contribution >= 4 is 11.7 Å². The molecule has 0 aliphatic rings. The maximum atomic E-state index is 13.3. The number of nitrogens with one attached hydrogen (secondary N) is 2. The van der Waals surface area contributed by atoms with Crippen LogP contribution in [0.25, 0.3) is 0 Å². The van der Waals surface area contributed by atoms with Crippen molar-refractivity contribution in [1.82, 2.24) is 5.32 Å². The van der Waals surface area contributed by atoms with E-state index in [0.717, 1.165) is 0 Å². The molecule has 2 rings (SSSR count). The average Bonchev–Trinajstić information content (AvgIpc) is 2.45. The summed E-state index contributed by atoms with van der Waals surface area (Å²) < 4.78 is 26.2. The molecule has 0 bridgehead atoms. The van der Waals surface area contributed by atoms with Crippen molar-refractivity contribution in [2.24, 2.45) is 0 Å². The summed E-state index contributed by atoms with van der Waals surface area (Å²) in [5, 5.41) is 15.2. The number of urea groups is 1. The lowest BCUT2D eigenvalue weighted by Gasteiger charge is -2.21. The topological polar surface area (TPSA) is 61.4 Å². The summed E-state index contributed by atoms with van der Waals surface area (Å²) in [6.07, 6.45) is -0.990. The zero-order chi connectivity index (χ0) is 17.0. The van der Waals surface area contributed by atoms with E-state index >= 15 is 0 Å². The highest BCUT2D eigenvalue weighted by molar-refractivity contribution is 5.89. The number of halogens is 2. The lowest BCUT2D eigenvalue weighted by molar-refractivity contribution is 0.139. The molecule has 3 N–H and O–H groups in total. The summed E-state index contributed by atoms with van der Waals surface area (Å²) in [4.78, 5) is 11.9. The van der Waals surface area contributed by atoms with Crippen molar-refractivity contribution < 1.29 is 18.7 Å². The first-order valence-electron chi connectivity index (χ1n) is 7.13. The number of carbonyl (C=O) groups excluding carboxylic acids is 1. The molecule has 0 aliphatic heterocycles. The SMILES string of the molecule is Cc1cc(F)cc(NC(=O)NC(C)C(O)c2ccc(F)cc2)c1. The van der Waals surface area contributed by atoms with Gasteiger partial charge in [-0.25, -0.2) is 13.6 Å². The van der Waals surface area contributed by atoms with Crippen molar-refractivity contribution in [3.63, 3.8) is 0 Å². The first kappa shape index (κ1) is 16.9. The van der Waals surface area contributed by atoms with E-state index < -0.39 is 29.8 Å². The van der Waals surface area contributed by atoms with E-state index in [1.54, 1.807) is 19.9 Å². The molecule has 0 spiro atoms. The highest BCUT2D eigenvalue weighted by Crippen LogP contribution is 2.18. The molecule has 0 saturated carbocycles. The van der Waals surface area contributed by atoms with Gasteiger partial charge < -0.3 is 15.7 Å². The average molecular weight is 320 g/mol. The molecule has 23 heavy (non-hydrogen) atoms. The summed E-state index contributed by atoms with van der Waals surface area (Å²) in [6.45, 7) is 3.33. The largest absolute Gasteiger partial charge is 0.386 e. The van der Waals surface area contributed by atoms with Crippen LogP contribution in [-0.4, -0.2) is 17.2 Å². The maximum absolute atomic E-state index is 13.3. The quantitative estimate of drug-likeness (QED) is 0.807. The van der Waals surface area contributed by atoms with Gasteiger partial charge in [-0.3, -0.25) is 0 Å². The fraction of sp³-hybridized carbons (Fsp3) is 0.235. The van der Waals surface area contributed by atoms with Crippen LogP contribution in [0.2, 0.25) is 0 Å². The standard InChI is InChI=1S/C17H18F2N2O2/c1-10-7-14(19)9-15(8-10)21-17(23)20-11(2)16(22)12-3-5-13(18)6-4-12/h3-9,11,16,22H,1-2H3,(H2,20,21,23). The van der Waals surface area contributed by atoms with Crippen LogP contribution in [0, 0.1) is 18.6 Å². The number of benzene rings is 2. The molecule has 0 saturated heterocycles. The van der Waals surface area contributed by atoms with Gasteiger partial charge in [0.1, 0.15) is 11.6 Å². The molecule has 4 nitrogen and oxygen atoms in total. The van der Waals surface area contributed by atoms with Gasteiger partial charge in [0.05, 0.1) is 12.1 Å². The molecule has 2 unspecified atom stereocenters. The predicted octanol–water partition coefficient (Wildman–Crippen LogP) is 3.52. The molecule has 0 heterocycles. The van der Waals surface area contributed by atoms with E-state index in [1.165, 1.54) is 36.4 Å². The molecule has 0 aromatic heterocycles. The second-order valence-electron chi connectivity index (χ2n) is 5.40. The molecule has 0 aliphatic carbocycles. The molecule has 0 fully saturated rings. The molecule has 6 heteroatoms. The molecule has 122 valence electrons. The van der Waals surface area contributed by atoms with Crippen LogP contribution in [0.5, 0.6) is 0 Å². The third kappa shape index (κ3) is 4.75.